The Morgan fingerprint density at radius 1 is 1.20 bits per heavy atom. The van der Waals surface area contributed by atoms with Crippen molar-refractivity contribution >= 4 is 39.4 Å². The van der Waals surface area contributed by atoms with Crippen molar-refractivity contribution in [2.45, 2.75) is 64.0 Å². The maximum absolute atomic E-state index is 14.7. The van der Waals surface area contributed by atoms with Crippen molar-refractivity contribution in [3.05, 3.63) is 66.8 Å². The number of halogens is 6. The molecule has 2 N–H and O–H groups in total. The number of H-pyrrole nitrogens is 1. The predicted molar refractivity (Wildman–Crippen MR) is 145 cm³/mol. The summed E-state index contributed by atoms with van der Waals surface area (Å²) in [7, 11) is 1.08. The van der Waals surface area contributed by atoms with Crippen LogP contribution in [-0.4, -0.2) is 40.3 Å². The third-order valence-electron chi connectivity index (χ3n) is 7.18. The maximum atomic E-state index is 14.7. The second kappa shape index (κ2) is 10.2. The summed E-state index contributed by atoms with van der Waals surface area (Å²) in [5, 5.41) is 2.69. The van der Waals surface area contributed by atoms with Crippen LogP contribution in [0.15, 0.2) is 29.2 Å². The molecule has 7 nitrogen and oxygen atoms in total. The molecule has 0 spiro atoms. The van der Waals surface area contributed by atoms with E-state index >= 15 is 0 Å². The molecule has 0 unspecified atom stereocenters. The molecule has 1 saturated heterocycles. The number of ether oxygens (including phenoxy) is 2. The zero-order chi connectivity index (χ0) is 29.9. The minimum absolute atomic E-state index is 0.0110. The first-order chi connectivity index (χ1) is 18.4. The van der Waals surface area contributed by atoms with Crippen molar-refractivity contribution in [3.8, 4) is 5.75 Å². The molecule has 0 saturated carbocycles. The van der Waals surface area contributed by atoms with E-state index in [1.165, 1.54) is 19.2 Å². The zero-order valence-electron chi connectivity index (χ0n) is 22.4. The van der Waals surface area contributed by atoms with Gasteiger partial charge in [-0.25, -0.2) is 4.39 Å². The molecule has 0 bridgehead atoms. The number of methoxy groups -OCH3 is 1. The Hall–Kier alpha value is -2.81. The molecular formula is C27H27F5IN3O4. The number of amides is 1. The zero-order valence-corrected chi connectivity index (χ0v) is 24.5. The van der Waals surface area contributed by atoms with Crippen LogP contribution >= 0.6 is 22.6 Å². The number of benzene rings is 1. The number of alkyl halides is 3. The number of carbonyl (C=O) groups excluding carboxylic acids is 1. The number of hydrogen-bond donors (Lipinski definition) is 2. The van der Waals surface area contributed by atoms with E-state index < -0.39 is 64.0 Å². The molecule has 3 heterocycles. The molecule has 3 aromatic rings. The van der Waals surface area contributed by atoms with Gasteiger partial charge in [-0.3, -0.25) is 14.6 Å². The lowest BCUT2D eigenvalue weighted by molar-refractivity contribution is -0.275. The summed E-state index contributed by atoms with van der Waals surface area (Å²) >= 11 is 1.68. The highest BCUT2D eigenvalue weighted by Gasteiger charge is 2.65. The number of pyridine rings is 2. The normalized spacial score (nSPS) is 23.4. The molecule has 0 aliphatic carbocycles. The van der Waals surface area contributed by atoms with E-state index in [1.807, 2.05) is 0 Å². The van der Waals surface area contributed by atoms with Gasteiger partial charge in [0.05, 0.1) is 27.3 Å². The van der Waals surface area contributed by atoms with Crippen LogP contribution in [0, 0.1) is 21.1 Å². The number of hydrogen-bond acceptors (Lipinski definition) is 5. The van der Waals surface area contributed by atoms with Crippen molar-refractivity contribution in [1.29, 1.82) is 0 Å². The molecule has 40 heavy (non-hydrogen) atoms. The van der Waals surface area contributed by atoms with Gasteiger partial charge in [-0.1, -0.05) is 13.0 Å². The molecule has 216 valence electrons. The molecule has 1 amide bonds. The van der Waals surface area contributed by atoms with Crippen molar-refractivity contribution in [1.82, 2.24) is 15.3 Å². The number of rotatable bonds is 4. The van der Waals surface area contributed by atoms with E-state index in [9.17, 15) is 31.5 Å². The van der Waals surface area contributed by atoms with Gasteiger partial charge in [-0.05, 0) is 62.4 Å². The lowest BCUT2D eigenvalue weighted by atomic mass is 9.76. The fourth-order valence-corrected chi connectivity index (χ4v) is 5.77. The quantitative estimate of drug-likeness (QED) is 0.255. The third-order valence-corrected chi connectivity index (χ3v) is 8.25. The molecule has 0 radical (unpaired) electrons. The summed E-state index contributed by atoms with van der Waals surface area (Å²) in [6.45, 7) is 7.44. The van der Waals surface area contributed by atoms with E-state index in [-0.39, 0.29) is 31.4 Å². The lowest BCUT2D eigenvalue weighted by Crippen LogP contribution is -2.46. The average Bonchev–Trinajstić information content (AvgIpc) is 3.12. The Kier molecular flexibility index (Phi) is 7.71. The number of nitrogens with zero attached hydrogens (tertiary/aromatic N) is 1. The van der Waals surface area contributed by atoms with Gasteiger partial charge in [0.1, 0.15) is 11.8 Å². The summed E-state index contributed by atoms with van der Waals surface area (Å²) in [4.78, 5) is 33.6. The number of nitrogens with one attached hydrogen (secondary N) is 2. The van der Waals surface area contributed by atoms with Gasteiger partial charge in [-0.2, -0.15) is 17.6 Å². The first-order valence-corrected chi connectivity index (χ1v) is 13.3. The van der Waals surface area contributed by atoms with Crippen LogP contribution in [0.1, 0.15) is 68.4 Å². The summed E-state index contributed by atoms with van der Waals surface area (Å²) < 4.78 is 82.7. The van der Waals surface area contributed by atoms with Gasteiger partial charge in [0.25, 0.3) is 5.91 Å². The predicted octanol–water partition coefficient (Wildman–Crippen LogP) is 6.16. The summed E-state index contributed by atoms with van der Waals surface area (Å²) in [5.74, 6) is -6.29. The minimum Gasteiger partial charge on any atom is -0.493 e. The molecule has 1 fully saturated rings. The first-order valence-electron chi connectivity index (χ1n) is 12.2. The summed E-state index contributed by atoms with van der Waals surface area (Å²) in [5.41, 5.74) is -4.08. The Balaban J connectivity index is 1.98. The Morgan fingerprint density at radius 3 is 2.42 bits per heavy atom. The van der Waals surface area contributed by atoms with E-state index in [4.69, 9.17) is 9.47 Å². The molecular weight excluding hydrogens is 652 g/mol. The Labute approximate surface area is 240 Å². The fourth-order valence-electron chi connectivity index (χ4n) is 5.06. The highest BCUT2D eigenvalue weighted by Crippen LogP contribution is 2.59. The molecule has 13 heteroatoms. The van der Waals surface area contributed by atoms with Gasteiger partial charge in [0.2, 0.25) is 11.2 Å². The van der Waals surface area contributed by atoms with E-state index in [0.29, 0.717) is 0 Å². The topological polar surface area (TPSA) is 93.3 Å². The van der Waals surface area contributed by atoms with Gasteiger partial charge < -0.3 is 19.8 Å². The summed E-state index contributed by atoms with van der Waals surface area (Å²) in [6, 6.07) is 3.38. The largest absolute Gasteiger partial charge is 0.493 e. The maximum Gasteiger partial charge on any atom is 0.417 e. The van der Waals surface area contributed by atoms with Gasteiger partial charge in [-0.15, -0.1) is 0 Å². The minimum atomic E-state index is -4.85. The van der Waals surface area contributed by atoms with Crippen LogP contribution in [0.4, 0.5) is 22.0 Å². The van der Waals surface area contributed by atoms with E-state index in [1.54, 1.807) is 43.4 Å². The summed E-state index contributed by atoms with van der Waals surface area (Å²) in [6.07, 6.45) is -5.01. The Morgan fingerprint density at radius 2 is 1.85 bits per heavy atom. The number of aromatic nitrogens is 2. The second-order valence-electron chi connectivity index (χ2n) is 10.9. The standard InChI is InChI=1S/C27H27F5IN3O4/c1-11-15(12-7-8-13(28)17(29)22(12)39-6)23(40-26(11,5)27(30,31)32)20-18(33)21(37)16-14(35-20)9-10-34-19(16)24(38)36-25(2,3)4/h7-11,15,23H,1-6H3,(H,35,37)(H,36,38)/t11-,15-,23+,26+/m0/s1. The number of aromatic amines is 1. The van der Waals surface area contributed by atoms with Crippen molar-refractivity contribution in [3.63, 3.8) is 0 Å². The fraction of sp³-hybridized carbons (Fsp3) is 0.444. The highest BCUT2D eigenvalue weighted by molar-refractivity contribution is 14.1. The molecule has 1 aliphatic heterocycles. The highest BCUT2D eigenvalue weighted by atomic mass is 127. The smallest absolute Gasteiger partial charge is 0.417 e. The molecule has 4 atom stereocenters. The van der Waals surface area contributed by atoms with Gasteiger partial charge in [0.15, 0.2) is 17.2 Å². The van der Waals surface area contributed by atoms with E-state index in [2.05, 4.69) is 15.3 Å². The number of fused-ring (bicyclic) bond motifs is 1. The lowest BCUT2D eigenvalue weighted by Gasteiger charge is -2.32. The Bertz CT molecular complexity index is 1550. The van der Waals surface area contributed by atoms with Crippen LogP contribution in [0.2, 0.25) is 0 Å². The second-order valence-corrected chi connectivity index (χ2v) is 12.0. The average molecular weight is 679 g/mol. The number of carbonyl (C=O) groups is 1. The van der Waals surface area contributed by atoms with Crippen LogP contribution in [0.25, 0.3) is 10.9 Å². The third kappa shape index (κ3) is 4.95. The van der Waals surface area contributed by atoms with Crippen LogP contribution in [-0.2, 0) is 4.74 Å². The van der Waals surface area contributed by atoms with Crippen LogP contribution < -0.4 is 15.5 Å². The van der Waals surface area contributed by atoms with E-state index in [0.717, 1.165) is 26.2 Å². The van der Waals surface area contributed by atoms with Crippen LogP contribution in [0.3, 0.4) is 0 Å². The van der Waals surface area contributed by atoms with Crippen molar-refractivity contribution in [2.24, 2.45) is 5.92 Å². The van der Waals surface area contributed by atoms with Gasteiger partial charge in [0, 0.05) is 29.1 Å². The van der Waals surface area contributed by atoms with Crippen molar-refractivity contribution < 1.29 is 36.2 Å². The molecule has 1 aliphatic rings. The molecule has 2 aromatic heterocycles. The molecule has 4 rings (SSSR count). The first kappa shape index (κ1) is 30.2. The monoisotopic (exact) mass is 679 g/mol. The molecule has 1 aromatic carbocycles. The van der Waals surface area contributed by atoms with Gasteiger partial charge >= 0.3 is 6.18 Å². The van der Waals surface area contributed by atoms with Crippen molar-refractivity contribution in [2.75, 3.05) is 7.11 Å². The van der Waals surface area contributed by atoms with Crippen LogP contribution in [0.5, 0.6) is 5.75 Å². The SMILES string of the molecule is COc1c([C@H]2[C@H](c3[nH]c4ccnc(C(=O)NC(C)(C)C)c4c(=O)c3I)O[C@@](C)(C(F)(F)F)[C@H]2C)ccc(F)c1F.